The zero-order chi connectivity index (χ0) is 22.7. The second-order valence-corrected chi connectivity index (χ2v) is 10.9. The lowest BCUT2D eigenvalue weighted by Crippen LogP contribution is -2.41. The summed E-state index contributed by atoms with van der Waals surface area (Å²) in [4.78, 5) is 19.4. The van der Waals surface area contributed by atoms with E-state index in [1.165, 1.54) is 35.7 Å². The van der Waals surface area contributed by atoms with Crippen LogP contribution >= 0.6 is 23.2 Å². The number of benzene rings is 1. The van der Waals surface area contributed by atoms with Gasteiger partial charge in [-0.15, -0.1) is 0 Å². The summed E-state index contributed by atoms with van der Waals surface area (Å²) in [6.45, 7) is 2.49. The smallest absolute Gasteiger partial charge is 0.246 e. The van der Waals surface area contributed by atoms with Crippen molar-refractivity contribution >= 4 is 50.6 Å². The Kier molecular flexibility index (Phi) is 7.24. The van der Waals surface area contributed by atoms with Crippen LogP contribution < -0.4 is 10.2 Å². The molecule has 4 rings (SSSR count). The Hall–Kier alpha value is -1.87. The van der Waals surface area contributed by atoms with Gasteiger partial charge >= 0.3 is 0 Å². The Morgan fingerprint density at radius 1 is 0.969 bits per heavy atom. The minimum absolute atomic E-state index is 0.0777. The third kappa shape index (κ3) is 5.03. The summed E-state index contributed by atoms with van der Waals surface area (Å²) in [5, 5.41) is 3.11. The van der Waals surface area contributed by atoms with Gasteiger partial charge in [0.05, 0.1) is 21.9 Å². The highest BCUT2D eigenvalue weighted by molar-refractivity contribution is 7.89. The van der Waals surface area contributed by atoms with Crippen LogP contribution in [0.15, 0.2) is 41.4 Å². The predicted molar refractivity (Wildman–Crippen MR) is 127 cm³/mol. The highest BCUT2D eigenvalue weighted by Gasteiger charge is 2.34. The maximum atomic E-state index is 13.0. The van der Waals surface area contributed by atoms with Crippen LogP contribution in [0.4, 0.5) is 11.5 Å². The van der Waals surface area contributed by atoms with Crippen molar-refractivity contribution in [3.63, 3.8) is 0 Å². The lowest BCUT2D eigenvalue weighted by atomic mass is 9.97. The van der Waals surface area contributed by atoms with Crippen LogP contribution in [0.2, 0.25) is 10.0 Å². The fraction of sp³-hybridized carbons (Fsp3) is 0.455. The molecule has 172 valence electrons. The van der Waals surface area contributed by atoms with E-state index in [-0.39, 0.29) is 39.9 Å². The highest BCUT2D eigenvalue weighted by atomic mass is 35.5. The van der Waals surface area contributed by atoms with Gasteiger partial charge in [-0.2, -0.15) is 4.31 Å². The van der Waals surface area contributed by atoms with E-state index in [0.717, 1.165) is 18.9 Å². The number of sulfonamides is 1. The van der Waals surface area contributed by atoms with Crippen LogP contribution in [-0.2, 0) is 14.8 Å². The van der Waals surface area contributed by atoms with Gasteiger partial charge in [0.2, 0.25) is 15.9 Å². The first-order chi connectivity index (χ1) is 15.4. The molecule has 2 fully saturated rings. The molecule has 0 unspecified atom stereocenters. The molecule has 0 spiro atoms. The normalized spacial score (nSPS) is 18.5. The van der Waals surface area contributed by atoms with E-state index < -0.39 is 10.0 Å². The molecule has 0 saturated carbocycles. The summed E-state index contributed by atoms with van der Waals surface area (Å²) in [7, 11) is -3.82. The number of hydrogen-bond donors (Lipinski definition) is 1. The Labute approximate surface area is 198 Å². The molecule has 0 bridgehead atoms. The average Bonchev–Trinajstić information content (AvgIpc) is 2.80. The molecule has 1 aromatic carbocycles. The molecule has 1 aromatic heterocycles. The maximum absolute atomic E-state index is 13.0. The van der Waals surface area contributed by atoms with Crippen molar-refractivity contribution in [3.8, 4) is 0 Å². The summed E-state index contributed by atoms with van der Waals surface area (Å²) in [6, 6.07) is 8.42. The van der Waals surface area contributed by atoms with E-state index in [2.05, 4.69) is 15.2 Å². The first kappa shape index (κ1) is 23.3. The summed E-state index contributed by atoms with van der Waals surface area (Å²) >= 11 is 12.2. The number of nitrogens with one attached hydrogen (secondary N) is 1. The minimum Gasteiger partial charge on any atom is -0.357 e. The molecule has 10 heteroatoms. The molecule has 0 atom stereocenters. The van der Waals surface area contributed by atoms with Crippen LogP contribution in [0.3, 0.4) is 0 Å². The Morgan fingerprint density at radius 2 is 1.62 bits per heavy atom. The Morgan fingerprint density at radius 3 is 2.22 bits per heavy atom. The van der Waals surface area contributed by atoms with Crippen LogP contribution in [-0.4, -0.2) is 49.8 Å². The standard InChI is InChI=1S/C22H26Cl2N4O3S/c23-18-5-4-6-19(24)21(18)32(30,31)28-13-9-16(10-14-28)22(29)26-17-7-8-20(25-15-17)27-11-2-1-3-12-27/h4-8,15-16H,1-3,9-14H2,(H,26,29). The summed E-state index contributed by atoms with van der Waals surface area (Å²) in [6.07, 6.45) is 6.14. The topological polar surface area (TPSA) is 82.6 Å². The summed E-state index contributed by atoms with van der Waals surface area (Å²) in [5.74, 6) is 0.537. The summed E-state index contributed by atoms with van der Waals surface area (Å²) < 4.78 is 27.4. The molecule has 7 nitrogen and oxygen atoms in total. The van der Waals surface area contributed by atoms with Crippen molar-refractivity contribution in [3.05, 3.63) is 46.6 Å². The van der Waals surface area contributed by atoms with Gasteiger partial charge in [0.15, 0.2) is 0 Å². The maximum Gasteiger partial charge on any atom is 0.246 e. The van der Waals surface area contributed by atoms with E-state index in [9.17, 15) is 13.2 Å². The molecule has 0 aliphatic carbocycles. The second kappa shape index (κ2) is 9.95. The number of amides is 1. The van der Waals surface area contributed by atoms with Crippen LogP contribution in [0, 0.1) is 5.92 Å². The van der Waals surface area contributed by atoms with Gasteiger partial charge in [0, 0.05) is 32.1 Å². The molecule has 32 heavy (non-hydrogen) atoms. The van der Waals surface area contributed by atoms with Crippen LogP contribution in [0.25, 0.3) is 0 Å². The van der Waals surface area contributed by atoms with Crippen molar-refractivity contribution in [2.75, 3.05) is 36.4 Å². The molecule has 2 saturated heterocycles. The van der Waals surface area contributed by atoms with Gasteiger partial charge in [-0.25, -0.2) is 13.4 Å². The molecular formula is C22H26Cl2N4O3S. The largest absolute Gasteiger partial charge is 0.357 e. The fourth-order valence-corrected chi connectivity index (χ4v) is 6.79. The zero-order valence-electron chi connectivity index (χ0n) is 17.6. The number of hydrogen-bond acceptors (Lipinski definition) is 5. The average molecular weight is 497 g/mol. The van der Waals surface area contributed by atoms with Gasteiger partial charge in [0.1, 0.15) is 10.7 Å². The van der Waals surface area contributed by atoms with Crippen molar-refractivity contribution < 1.29 is 13.2 Å². The van der Waals surface area contributed by atoms with Crippen LogP contribution in [0.1, 0.15) is 32.1 Å². The first-order valence-electron chi connectivity index (χ1n) is 10.8. The van der Waals surface area contributed by atoms with Gasteiger partial charge in [0.25, 0.3) is 0 Å². The number of piperidine rings is 2. The molecular weight excluding hydrogens is 471 g/mol. The van der Waals surface area contributed by atoms with Gasteiger partial charge in [-0.05, 0) is 56.4 Å². The molecule has 2 aromatic rings. The molecule has 1 N–H and O–H groups in total. The monoisotopic (exact) mass is 496 g/mol. The lowest BCUT2D eigenvalue weighted by molar-refractivity contribution is -0.120. The molecule has 3 heterocycles. The van der Waals surface area contributed by atoms with Crippen LogP contribution in [0.5, 0.6) is 0 Å². The number of anilines is 2. The van der Waals surface area contributed by atoms with Crippen molar-refractivity contribution in [2.24, 2.45) is 5.92 Å². The van der Waals surface area contributed by atoms with E-state index in [1.807, 2.05) is 12.1 Å². The van der Waals surface area contributed by atoms with Gasteiger partial charge < -0.3 is 10.2 Å². The molecule has 2 aliphatic heterocycles. The molecule has 2 aliphatic rings. The third-order valence-electron chi connectivity index (χ3n) is 6.04. The molecule has 0 radical (unpaired) electrons. The number of aromatic nitrogens is 1. The zero-order valence-corrected chi connectivity index (χ0v) is 20.0. The Bertz CT molecular complexity index is 1040. The third-order valence-corrected chi connectivity index (χ3v) is 8.89. The predicted octanol–water partition coefficient (Wildman–Crippen LogP) is 4.42. The highest BCUT2D eigenvalue weighted by Crippen LogP contribution is 2.33. The number of carbonyl (C=O) groups excluding carboxylic acids is 1. The van der Waals surface area contributed by atoms with E-state index in [1.54, 1.807) is 12.3 Å². The minimum atomic E-state index is -3.82. The number of halogens is 2. The number of carbonyl (C=O) groups is 1. The Balaban J connectivity index is 1.34. The van der Waals surface area contributed by atoms with Gasteiger partial charge in [-0.3, -0.25) is 4.79 Å². The number of rotatable bonds is 5. The van der Waals surface area contributed by atoms with Crippen molar-refractivity contribution in [2.45, 2.75) is 37.0 Å². The van der Waals surface area contributed by atoms with Crippen molar-refractivity contribution in [1.29, 1.82) is 0 Å². The lowest BCUT2D eigenvalue weighted by Gasteiger charge is -2.31. The SMILES string of the molecule is O=C(Nc1ccc(N2CCCCC2)nc1)C1CCN(S(=O)(=O)c2c(Cl)cccc2Cl)CC1. The van der Waals surface area contributed by atoms with Gasteiger partial charge in [-0.1, -0.05) is 29.3 Å². The van der Waals surface area contributed by atoms with E-state index in [0.29, 0.717) is 18.5 Å². The van der Waals surface area contributed by atoms with Crippen molar-refractivity contribution in [1.82, 2.24) is 9.29 Å². The number of nitrogens with zero attached hydrogens (tertiary/aromatic N) is 3. The summed E-state index contributed by atoms with van der Waals surface area (Å²) in [5.41, 5.74) is 0.647. The fourth-order valence-electron chi connectivity index (χ4n) is 4.23. The van der Waals surface area contributed by atoms with E-state index in [4.69, 9.17) is 23.2 Å². The van der Waals surface area contributed by atoms with E-state index >= 15 is 0 Å². The number of pyridine rings is 1. The first-order valence-corrected chi connectivity index (χ1v) is 13.0. The second-order valence-electron chi connectivity index (χ2n) is 8.17. The molecule has 1 amide bonds. The quantitative estimate of drug-likeness (QED) is 0.662.